The number of benzene rings is 2. The van der Waals surface area contributed by atoms with Crippen molar-refractivity contribution in [2.75, 3.05) is 19.0 Å². The quantitative estimate of drug-likeness (QED) is 0.405. The predicted octanol–water partition coefficient (Wildman–Crippen LogP) is 3.80. The largest absolute Gasteiger partial charge is 0.493 e. The molecule has 2 N–H and O–H groups in total. The monoisotopic (exact) mass is 446 g/mol. The van der Waals surface area contributed by atoms with Gasteiger partial charge in [0.05, 0.1) is 18.9 Å². The molecule has 8 nitrogen and oxygen atoms in total. The number of nitrogens with one attached hydrogen (secondary N) is 2. The molecule has 170 valence electrons. The van der Waals surface area contributed by atoms with Gasteiger partial charge >= 0.3 is 0 Å². The van der Waals surface area contributed by atoms with Crippen molar-refractivity contribution in [3.63, 3.8) is 0 Å². The highest BCUT2D eigenvalue weighted by molar-refractivity contribution is 5.95. The molecule has 1 heterocycles. The Bertz CT molecular complexity index is 1150. The molecule has 0 aliphatic heterocycles. The van der Waals surface area contributed by atoms with E-state index in [4.69, 9.17) is 9.47 Å². The van der Waals surface area contributed by atoms with Gasteiger partial charge in [-0.25, -0.2) is 5.43 Å². The summed E-state index contributed by atoms with van der Waals surface area (Å²) in [4.78, 5) is 28.3. The minimum atomic E-state index is -0.365. The van der Waals surface area contributed by atoms with Crippen LogP contribution in [0.1, 0.15) is 32.6 Å². The molecule has 2 aromatic carbocycles. The third kappa shape index (κ3) is 6.39. The van der Waals surface area contributed by atoms with Crippen LogP contribution in [0.4, 0.5) is 5.69 Å². The van der Waals surface area contributed by atoms with E-state index in [9.17, 15) is 9.59 Å². The number of pyridine rings is 1. The van der Waals surface area contributed by atoms with Gasteiger partial charge in [-0.2, -0.15) is 5.10 Å². The first-order valence-corrected chi connectivity index (χ1v) is 10.3. The van der Waals surface area contributed by atoms with Crippen molar-refractivity contribution in [2.45, 2.75) is 20.8 Å². The molecule has 0 radical (unpaired) electrons. The van der Waals surface area contributed by atoms with Crippen molar-refractivity contribution >= 4 is 23.7 Å². The summed E-state index contributed by atoms with van der Waals surface area (Å²) in [6.07, 6.45) is 4.53. The molecule has 3 rings (SSSR count). The number of carbonyl (C=O) groups excluding carboxylic acids is 2. The Hall–Kier alpha value is -4.20. The summed E-state index contributed by atoms with van der Waals surface area (Å²) in [6.45, 7) is 5.76. The SMILES string of the molecule is COc1cc(C=NNC(=O)c2cccnc2)ccc1OCC(=O)Nc1c(C)cc(C)cc1C. The van der Waals surface area contributed by atoms with E-state index in [2.05, 4.69) is 20.8 Å². The van der Waals surface area contributed by atoms with Crippen molar-refractivity contribution in [3.8, 4) is 11.5 Å². The topological polar surface area (TPSA) is 102 Å². The van der Waals surface area contributed by atoms with E-state index in [-0.39, 0.29) is 18.4 Å². The maximum Gasteiger partial charge on any atom is 0.272 e. The fourth-order valence-electron chi connectivity index (χ4n) is 3.31. The highest BCUT2D eigenvalue weighted by atomic mass is 16.5. The maximum atomic E-state index is 12.4. The normalized spacial score (nSPS) is 10.7. The number of ether oxygens (including phenoxy) is 2. The Morgan fingerprint density at radius 3 is 2.48 bits per heavy atom. The van der Waals surface area contributed by atoms with Crippen molar-refractivity contribution in [3.05, 3.63) is 82.7 Å². The Balaban J connectivity index is 1.59. The van der Waals surface area contributed by atoms with Crippen LogP contribution in [0.3, 0.4) is 0 Å². The van der Waals surface area contributed by atoms with Crippen LogP contribution in [0.2, 0.25) is 0 Å². The number of aryl methyl sites for hydroxylation is 3. The van der Waals surface area contributed by atoms with Crippen LogP contribution in [0.15, 0.2) is 60.0 Å². The van der Waals surface area contributed by atoms with Crippen LogP contribution >= 0.6 is 0 Å². The Kier molecular flexibility index (Phi) is 7.75. The summed E-state index contributed by atoms with van der Waals surface area (Å²) >= 11 is 0. The highest BCUT2D eigenvalue weighted by Crippen LogP contribution is 2.28. The van der Waals surface area contributed by atoms with E-state index < -0.39 is 0 Å². The standard InChI is InChI=1S/C25H26N4O4/c1-16-10-17(2)24(18(3)11-16)28-23(30)15-33-21-8-7-19(12-22(21)32-4)13-27-29-25(31)20-6-5-9-26-14-20/h5-14H,15H2,1-4H3,(H,28,30)(H,29,31). The Morgan fingerprint density at radius 2 is 1.82 bits per heavy atom. The minimum Gasteiger partial charge on any atom is -0.493 e. The molecule has 2 amide bonds. The number of amides is 2. The van der Waals surface area contributed by atoms with Crippen LogP contribution in [-0.2, 0) is 4.79 Å². The third-order valence-corrected chi connectivity index (χ3v) is 4.79. The molecular formula is C25H26N4O4. The zero-order valence-electron chi connectivity index (χ0n) is 19.0. The number of carbonyl (C=O) groups is 2. The van der Waals surface area contributed by atoms with E-state index in [1.165, 1.54) is 19.5 Å². The summed E-state index contributed by atoms with van der Waals surface area (Å²) in [5, 5.41) is 6.86. The zero-order chi connectivity index (χ0) is 23.8. The van der Waals surface area contributed by atoms with Crippen molar-refractivity contribution < 1.29 is 19.1 Å². The first-order valence-electron chi connectivity index (χ1n) is 10.3. The van der Waals surface area contributed by atoms with Crippen molar-refractivity contribution in [1.29, 1.82) is 0 Å². The summed E-state index contributed by atoms with van der Waals surface area (Å²) < 4.78 is 11.0. The van der Waals surface area contributed by atoms with E-state index in [1.54, 1.807) is 36.5 Å². The molecule has 3 aromatic rings. The van der Waals surface area contributed by atoms with Gasteiger partial charge in [-0.15, -0.1) is 0 Å². The van der Waals surface area contributed by atoms with Gasteiger partial charge in [-0.3, -0.25) is 14.6 Å². The smallest absolute Gasteiger partial charge is 0.272 e. The summed E-state index contributed by atoms with van der Waals surface area (Å²) in [5.41, 5.74) is 7.46. The summed E-state index contributed by atoms with van der Waals surface area (Å²) in [7, 11) is 1.51. The van der Waals surface area contributed by atoms with Gasteiger partial charge in [0.2, 0.25) is 0 Å². The number of hydrogen-bond donors (Lipinski definition) is 2. The maximum absolute atomic E-state index is 12.4. The van der Waals surface area contributed by atoms with E-state index >= 15 is 0 Å². The number of methoxy groups -OCH3 is 1. The first-order chi connectivity index (χ1) is 15.9. The molecule has 0 aliphatic carbocycles. The molecule has 0 saturated heterocycles. The summed E-state index contributed by atoms with van der Waals surface area (Å²) in [6, 6.07) is 12.5. The molecule has 0 spiro atoms. The number of rotatable bonds is 8. The third-order valence-electron chi connectivity index (χ3n) is 4.79. The lowest BCUT2D eigenvalue weighted by molar-refractivity contribution is -0.118. The molecular weight excluding hydrogens is 420 g/mol. The van der Waals surface area contributed by atoms with Gasteiger partial charge in [0.1, 0.15) is 0 Å². The minimum absolute atomic E-state index is 0.169. The molecule has 0 atom stereocenters. The average molecular weight is 447 g/mol. The molecule has 0 saturated carbocycles. The van der Waals surface area contributed by atoms with Crippen LogP contribution < -0.4 is 20.2 Å². The van der Waals surface area contributed by atoms with E-state index in [0.29, 0.717) is 22.6 Å². The fraction of sp³-hybridized carbons (Fsp3) is 0.200. The molecule has 0 unspecified atom stereocenters. The fourth-order valence-corrected chi connectivity index (χ4v) is 3.31. The van der Waals surface area contributed by atoms with Gasteiger partial charge in [-0.05, 0) is 67.8 Å². The second kappa shape index (κ2) is 10.9. The second-order valence-electron chi connectivity index (χ2n) is 7.46. The van der Waals surface area contributed by atoms with Gasteiger partial charge < -0.3 is 14.8 Å². The molecule has 8 heteroatoms. The predicted molar refractivity (Wildman–Crippen MR) is 127 cm³/mol. The Morgan fingerprint density at radius 1 is 1.06 bits per heavy atom. The molecule has 1 aromatic heterocycles. The lowest BCUT2D eigenvalue weighted by atomic mass is 10.1. The Labute approximate surface area is 192 Å². The van der Waals surface area contributed by atoms with Crippen molar-refractivity contribution in [2.24, 2.45) is 5.10 Å². The first kappa shape index (κ1) is 23.5. The molecule has 33 heavy (non-hydrogen) atoms. The van der Waals surface area contributed by atoms with E-state index in [0.717, 1.165) is 22.4 Å². The number of anilines is 1. The number of hydrogen-bond acceptors (Lipinski definition) is 6. The lowest BCUT2D eigenvalue weighted by Gasteiger charge is -2.14. The lowest BCUT2D eigenvalue weighted by Crippen LogP contribution is -2.21. The van der Waals surface area contributed by atoms with Crippen molar-refractivity contribution in [1.82, 2.24) is 10.4 Å². The summed E-state index contributed by atoms with van der Waals surface area (Å²) in [5.74, 6) is 0.224. The number of aromatic nitrogens is 1. The van der Waals surface area contributed by atoms with Crippen LogP contribution in [-0.4, -0.2) is 36.7 Å². The second-order valence-corrected chi connectivity index (χ2v) is 7.46. The molecule has 0 bridgehead atoms. The molecule has 0 aliphatic rings. The van der Waals surface area contributed by atoms with Gasteiger partial charge in [0, 0.05) is 18.1 Å². The van der Waals surface area contributed by atoms with Gasteiger partial charge in [0.15, 0.2) is 18.1 Å². The number of nitrogens with zero attached hydrogens (tertiary/aromatic N) is 2. The van der Waals surface area contributed by atoms with E-state index in [1.807, 2.05) is 32.9 Å². The van der Waals surface area contributed by atoms with Crippen LogP contribution in [0, 0.1) is 20.8 Å². The zero-order valence-corrected chi connectivity index (χ0v) is 19.0. The highest BCUT2D eigenvalue weighted by Gasteiger charge is 2.11. The van der Waals surface area contributed by atoms with Crippen LogP contribution in [0.5, 0.6) is 11.5 Å². The van der Waals surface area contributed by atoms with Gasteiger partial charge in [0.25, 0.3) is 11.8 Å². The molecule has 0 fully saturated rings. The van der Waals surface area contributed by atoms with Gasteiger partial charge in [-0.1, -0.05) is 17.7 Å². The average Bonchev–Trinajstić information content (AvgIpc) is 2.80. The number of hydrazone groups is 1. The van der Waals surface area contributed by atoms with Crippen LogP contribution in [0.25, 0.3) is 0 Å².